The maximum atomic E-state index is 12.4. The summed E-state index contributed by atoms with van der Waals surface area (Å²) in [5.74, 6) is -0.939. The van der Waals surface area contributed by atoms with Crippen molar-refractivity contribution in [3.8, 4) is 0 Å². The predicted octanol–water partition coefficient (Wildman–Crippen LogP) is 1.55. The lowest BCUT2D eigenvalue weighted by Gasteiger charge is -2.19. The first-order valence-corrected chi connectivity index (χ1v) is 9.87. The Morgan fingerprint density at radius 2 is 1.92 bits per heavy atom. The number of sulfonamides is 1. The highest BCUT2D eigenvalue weighted by Gasteiger charge is 2.30. The minimum atomic E-state index is -3.84. The number of carbonyl (C=O) groups excluding carboxylic acids is 1. The number of likely N-dealkylation sites (N-methyl/N-ethyl adjacent to an activating group) is 1. The molecule has 1 rings (SSSR count). The molecule has 2 N–H and O–H groups in total. The first-order valence-electron chi connectivity index (χ1n) is 7.62. The third-order valence-corrected chi connectivity index (χ3v) is 7.00. The molecule has 0 bridgehead atoms. The van der Waals surface area contributed by atoms with Crippen LogP contribution in [-0.4, -0.2) is 49.3 Å². The lowest BCUT2D eigenvalue weighted by molar-refractivity contribution is -0.140. The van der Waals surface area contributed by atoms with Gasteiger partial charge in [-0.3, -0.25) is 9.59 Å². The summed E-state index contributed by atoms with van der Waals surface area (Å²) >= 11 is 1.09. The molecule has 9 heteroatoms. The van der Waals surface area contributed by atoms with Gasteiger partial charge in [0.05, 0.1) is 0 Å². The van der Waals surface area contributed by atoms with Crippen LogP contribution in [0.25, 0.3) is 0 Å². The molecule has 0 spiro atoms. The molecule has 1 unspecified atom stereocenters. The number of carboxylic acids is 1. The molecule has 0 aromatic carbocycles. The van der Waals surface area contributed by atoms with Crippen molar-refractivity contribution >= 4 is 33.2 Å². The Morgan fingerprint density at radius 1 is 1.29 bits per heavy atom. The zero-order valence-corrected chi connectivity index (χ0v) is 15.9. The van der Waals surface area contributed by atoms with Crippen LogP contribution in [0.1, 0.15) is 32.1 Å². The second-order valence-electron chi connectivity index (χ2n) is 5.95. The highest BCUT2D eigenvalue weighted by Crippen LogP contribution is 2.25. The van der Waals surface area contributed by atoms with Gasteiger partial charge in [0.2, 0.25) is 5.91 Å². The third-order valence-electron chi connectivity index (χ3n) is 3.46. The second kappa shape index (κ2) is 8.59. The fourth-order valence-electron chi connectivity index (χ4n) is 1.90. The molecule has 1 aromatic heterocycles. The van der Waals surface area contributed by atoms with Crippen LogP contribution < -0.4 is 5.32 Å². The van der Waals surface area contributed by atoms with E-state index in [4.69, 9.17) is 5.11 Å². The van der Waals surface area contributed by atoms with Gasteiger partial charge < -0.3 is 10.4 Å². The third kappa shape index (κ3) is 5.57. The van der Waals surface area contributed by atoms with Crippen molar-refractivity contribution in [2.24, 2.45) is 5.92 Å². The van der Waals surface area contributed by atoms with Crippen LogP contribution in [0, 0.1) is 5.92 Å². The number of nitrogens with one attached hydrogen (secondary N) is 1. The first kappa shape index (κ1) is 20.6. The van der Waals surface area contributed by atoms with Gasteiger partial charge >= 0.3 is 5.97 Å². The molecule has 1 amide bonds. The van der Waals surface area contributed by atoms with Gasteiger partial charge in [-0.1, -0.05) is 13.8 Å². The van der Waals surface area contributed by atoms with Crippen molar-refractivity contribution in [1.82, 2.24) is 9.62 Å². The standard InChI is InChI=1S/C15H24N2O5S2/c1-10(2)9-13(18)16-8-7-12-5-6-14(23-12)24(21,22)17(4)11(3)15(19)20/h5-6,10-11H,7-9H2,1-4H3,(H,16,18)(H,19,20). The molecular weight excluding hydrogens is 352 g/mol. The highest BCUT2D eigenvalue weighted by atomic mass is 32.2. The summed E-state index contributed by atoms with van der Waals surface area (Å²) in [7, 11) is -2.59. The molecule has 1 aromatic rings. The predicted molar refractivity (Wildman–Crippen MR) is 92.5 cm³/mol. The fraction of sp³-hybridized carbons (Fsp3) is 0.600. The van der Waals surface area contributed by atoms with Crippen molar-refractivity contribution in [3.05, 3.63) is 17.0 Å². The number of nitrogens with zero attached hydrogens (tertiary/aromatic N) is 1. The SMILES string of the molecule is CC(C)CC(=O)NCCc1ccc(S(=O)(=O)N(C)C(C)C(=O)O)s1. The van der Waals surface area contributed by atoms with E-state index >= 15 is 0 Å². The lowest BCUT2D eigenvalue weighted by Crippen LogP contribution is -2.39. The maximum Gasteiger partial charge on any atom is 0.321 e. The molecule has 0 radical (unpaired) electrons. The molecule has 1 heterocycles. The zero-order chi connectivity index (χ0) is 18.5. The van der Waals surface area contributed by atoms with Crippen LogP contribution in [-0.2, 0) is 26.0 Å². The van der Waals surface area contributed by atoms with Crippen molar-refractivity contribution in [3.63, 3.8) is 0 Å². The second-order valence-corrected chi connectivity index (χ2v) is 9.35. The quantitative estimate of drug-likeness (QED) is 0.680. The lowest BCUT2D eigenvalue weighted by atomic mass is 10.1. The van der Waals surface area contributed by atoms with E-state index in [1.54, 1.807) is 6.07 Å². The van der Waals surface area contributed by atoms with Gasteiger partial charge in [-0.25, -0.2) is 8.42 Å². The van der Waals surface area contributed by atoms with Gasteiger partial charge in [0.25, 0.3) is 10.0 Å². The van der Waals surface area contributed by atoms with E-state index < -0.39 is 22.0 Å². The minimum absolute atomic E-state index is 0.0237. The van der Waals surface area contributed by atoms with E-state index in [2.05, 4.69) is 5.32 Å². The van der Waals surface area contributed by atoms with Crippen LogP contribution in [0.15, 0.2) is 16.3 Å². The van der Waals surface area contributed by atoms with Crippen LogP contribution in [0.4, 0.5) is 0 Å². The number of amides is 1. The zero-order valence-electron chi connectivity index (χ0n) is 14.3. The summed E-state index contributed by atoms with van der Waals surface area (Å²) < 4.78 is 25.7. The van der Waals surface area contributed by atoms with Gasteiger partial charge in [-0.15, -0.1) is 11.3 Å². The van der Waals surface area contributed by atoms with E-state index in [9.17, 15) is 18.0 Å². The largest absolute Gasteiger partial charge is 0.480 e. The minimum Gasteiger partial charge on any atom is -0.480 e. The fourth-order valence-corrected chi connectivity index (χ4v) is 4.77. The van der Waals surface area contributed by atoms with E-state index in [0.717, 1.165) is 20.5 Å². The van der Waals surface area contributed by atoms with Crippen LogP contribution in [0.5, 0.6) is 0 Å². The molecule has 0 aliphatic heterocycles. The Bertz CT molecular complexity index is 682. The van der Waals surface area contributed by atoms with Gasteiger partial charge in [0.1, 0.15) is 10.3 Å². The first-order chi connectivity index (χ1) is 11.1. The number of hydrogen-bond acceptors (Lipinski definition) is 5. The van der Waals surface area contributed by atoms with Gasteiger partial charge in [0, 0.05) is 24.9 Å². The van der Waals surface area contributed by atoms with Crippen molar-refractivity contribution in [2.45, 2.75) is 43.9 Å². The molecule has 7 nitrogen and oxygen atoms in total. The maximum absolute atomic E-state index is 12.4. The summed E-state index contributed by atoms with van der Waals surface area (Å²) in [6.45, 7) is 5.68. The highest BCUT2D eigenvalue weighted by molar-refractivity contribution is 7.91. The van der Waals surface area contributed by atoms with Crippen molar-refractivity contribution in [2.75, 3.05) is 13.6 Å². The Balaban J connectivity index is 2.68. The Morgan fingerprint density at radius 3 is 2.46 bits per heavy atom. The number of carboxylic acid groups (broad SMARTS) is 1. The van der Waals surface area contributed by atoms with E-state index in [-0.39, 0.29) is 16.0 Å². The summed E-state index contributed by atoms with van der Waals surface area (Å²) in [5.41, 5.74) is 0. The molecule has 0 saturated heterocycles. The molecule has 0 saturated carbocycles. The molecule has 24 heavy (non-hydrogen) atoms. The summed E-state index contributed by atoms with van der Waals surface area (Å²) in [4.78, 5) is 23.3. The molecule has 0 aliphatic rings. The Labute approximate surface area is 146 Å². The van der Waals surface area contributed by atoms with E-state index in [0.29, 0.717) is 19.4 Å². The molecule has 1 atom stereocenters. The molecule has 136 valence electrons. The van der Waals surface area contributed by atoms with Crippen molar-refractivity contribution in [1.29, 1.82) is 0 Å². The number of hydrogen-bond donors (Lipinski definition) is 2. The van der Waals surface area contributed by atoms with Gasteiger partial charge in [-0.05, 0) is 31.4 Å². The average Bonchev–Trinajstić information content (AvgIpc) is 2.94. The monoisotopic (exact) mass is 376 g/mol. The Kier molecular flexibility index (Phi) is 7.37. The summed E-state index contributed by atoms with van der Waals surface area (Å²) in [5, 5.41) is 11.8. The van der Waals surface area contributed by atoms with E-state index in [1.807, 2.05) is 13.8 Å². The number of aliphatic carboxylic acids is 1. The Hall–Kier alpha value is -1.45. The van der Waals surface area contributed by atoms with Gasteiger partial charge in [-0.2, -0.15) is 4.31 Å². The molecule has 0 aliphatic carbocycles. The summed E-state index contributed by atoms with van der Waals surface area (Å²) in [6, 6.07) is 2.01. The van der Waals surface area contributed by atoms with Crippen LogP contribution in [0.2, 0.25) is 0 Å². The normalized spacial score (nSPS) is 13.2. The topological polar surface area (TPSA) is 104 Å². The number of rotatable bonds is 9. The van der Waals surface area contributed by atoms with Crippen LogP contribution in [0.3, 0.4) is 0 Å². The molecule has 0 fully saturated rings. The van der Waals surface area contributed by atoms with Crippen LogP contribution >= 0.6 is 11.3 Å². The van der Waals surface area contributed by atoms with E-state index in [1.165, 1.54) is 20.0 Å². The average molecular weight is 377 g/mol. The van der Waals surface area contributed by atoms with Gasteiger partial charge in [0.15, 0.2) is 0 Å². The number of carbonyl (C=O) groups is 2. The molecular formula is C15H24N2O5S2. The number of thiophene rings is 1. The van der Waals surface area contributed by atoms with Crippen molar-refractivity contribution < 1.29 is 23.1 Å². The smallest absolute Gasteiger partial charge is 0.321 e. The summed E-state index contributed by atoms with van der Waals surface area (Å²) in [6.07, 6.45) is 0.990.